The number of hydrogen-bond donors (Lipinski definition) is 1. The van der Waals surface area contributed by atoms with Crippen LogP contribution in [0.1, 0.15) is 9.67 Å². The lowest BCUT2D eigenvalue weighted by Crippen LogP contribution is -2.04. The molecule has 1 aliphatic heterocycles. The first-order chi connectivity index (χ1) is 10.7. The lowest BCUT2D eigenvalue weighted by Gasteiger charge is -2.00. The lowest BCUT2D eigenvalue weighted by atomic mass is 10.1. The Bertz CT molecular complexity index is 897. The van der Waals surface area contributed by atoms with Crippen molar-refractivity contribution in [1.82, 2.24) is 0 Å². The standard InChI is InChI=1S/C18H13NOS2/c1-22-16-9-8-12-5-2-3-6-13(12)18(16)19-17(22)11-14(20)15-7-4-10-21-15/h2-11H,1H3/p+1. The molecule has 4 rings (SSSR count). The normalized spacial score (nSPS) is 18.4. The molecular formula is C18H14NOS2+. The molecular weight excluding hydrogens is 310 g/mol. The van der Waals surface area contributed by atoms with E-state index in [1.54, 1.807) is 6.08 Å². The van der Waals surface area contributed by atoms with Gasteiger partial charge in [0.1, 0.15) is 11.9 Å². The fourth-order valence-electron chi connectivity index (χ4n) is 2.69. The van der Waals surface area contributed by atoms with Gasteiger partial charge in [-0.1, -0.05) is 30.3 Å². The van der Waals surface area contributed by atoms with Gasteiger partial charge in [0.25, 0.3) is 0 Å². The highest BCUT2D eigenvalue weighted by molar-refractivity contribution is 8.00. The summed E-state index contributed by atoms with van der Waals surface area (Å²) in [6.45, 7) is 0. The molecule has 0 bridgehead atoms. The van der Waals surface area contributed by atoms with E-state index in [2.05, 4.69) is 41.9 Å². The molecule has 0 amide bonds. The summed E-state index contributed by atoms with van der Waals surface area (Å²) in [6.07, 6.45) is 3.92. The molecule has 1 atom stereocenters. The molecule has 0 radical (unpaired) electrons. The second kappa shape index (κ2) is 5.30. The monoisotopic (exact) mass is 324 g/mol. The number of carbonyl (C=O) groups excluding carboxylic acids is 1. The zero-order valence-corrected chi connectivity index (χ0v) is 13.6. The molecule has 22 heavy (non-hydrogen) atoms. The molecule has 1 aromatic heterocycles. The maximum Gasteiger partial charge on any atom is 0.234 e. The van der Waals surface area contributed by atoms with Crippen molar-refractivity contribution in [2.75, 3.05) is 11.6 Å². The first-order valence-electron chi connectivity index (χ1n) is 6.98. The molecule has 1 aliphatic rings. The van der Waals surface area contributed by atoms with Gasteiger partial charge >= 0.3 is 0 Å². The van der Waals surface area contributed by atoms with Crippen molar-refractivity contribution >= 4 is 44.5 Å². The molecule has 0 spiro atoms. The zero-order chi connectivity index (χ0) is 15.1. The van der Waals surface area contributed by atoms with E-state index in [0.29, 0.717) is 0 Å². The Hall–Kier alpha value is -2.04. The SMILES string of the molecule is C[S+]1C(=CC(=O)c2cccs2)Nc2c1ccc1ccccc21. The molecule has 4 heteroatoms. The van der Waals surface area contributed by atoms with Crippen LogP contribution in [-0.4, -0.2) is 12.0 Å². The fraction of sp³-hybridized carbons (Fsp3) is 0.0556. The van der Waals surface area contributed by atoms with E-state index in [0.717, 1.165) is 15.6 Å². The van der Waals surface area contributed by atoms with Gasteiger partial charge in [-0.2, -0.15) is 0 Å². The number of anilines is 1. The van der Waals surface area contributed by atoms with E-state index in [1.165, 1.54) is 27.0 Å². The summed E-state index contributed by atoms with van der Waals surface area (Å²) in [4.78, 5) is 14.4. The molecule has 0 saturated carbocycles. The van der Waals surface area contributed by atoms with Crippen molar-refractivity contribution in [3.63, 3.8) is 0 Å². The van der Waals surface area contributed by atoms with Crippen LogP contribution in [0.4, 0.5) is 5.69 Å². The molecule has 0 aliphatic carbocycles. The summed E-state index contributed by atoms with van der Waals surface area (Å²) in [7, 11) is -0.0900. The van der Waals surface area contributed by atoms with Gasteiger partial charge in [-0.3, -0.25) is 4.79 Å². The van der Waals surface area contributed by atoms with Crippen molar-refractivity contribution in [3.05, 3.63) is 69.9 Å². The van der Waals surface area contributed by atoms with Crippen molar-refractivity contribution in [1.29, 1.82) is 0 Å². The molecule has 1 unspecified atom stereocenters. The Kier molecular flexibility index (Phi) is 3.28. The molecule has 0 saturated heterocycles. The van der Waals surface area contributed by atoms with E-state index in [9.17, 15) is 4.79 Å². The van der Waals surface area contributed by atoms with Crippen LogP contribution in [0.2, 0.25) is 0 Å². The number of ketones is 1. The fourth-order valence-corrected chi connectivity index (χ4v) is 4.84. The van der Waals surface area contributed by atoms with Gasteiger partial charge in [0, 0.05) is 5.39 Å². The number of fused-ring (bicyclic) bond motifs is 3. The quantitative estimate of drug-likeness (QED) is 0.422. The van der Waals surface area contributed by atoms with E-state index in [4.69, 9.17) is 0 Å². The molecule has 2 heterocycles. The van der Waals surface area contributed by atoms with Crippen LogP contribution in [0.25, 0.3) is 10.8 Å². The van der Waals surface area contributed by atoms with Gasteiger partial charge in [-0.25, -0.2) is 0 Å². The van der Waals surface area contributed by atoms with Crippen molar-refractivity contribution in [2.45, 2.75) is 4.90 Å². The third-order valence-electron chi connectivity index (χ3n) is 3.82. The Balaban J connectivity index is 1.77. The van der Waals surface area contributed by atoms with Gasteiger partial charge in [0.05, 0.1) is 21.8 Å². The Morgan fingerprint density at radius 3 is 2.82 bits per heavy atom. The van der Waals surface area contributed by atoms with Crippen LogP contribution in [0, 0.1) is 0 Å². The predicted molar refractivity (Wildman–Crippen MR) is 95.9 cm³/mol. The van der Waals surface area contributed by atoms with Gasteiger partial charge in [0.15, 0.2) is 4.90 Å². The number of thiophene rings is 1. The average molecular weight is 324 g/mol. The van der Waals surface area contributed by atoms with Crippen LogP contribution < -0.4 is 5.32 Å². The van der Waals surface area contributed by atoms with E-state index in [1.807, 2.05) is 23.6 Å². The second-order valence-corrected chi connectivity index (χ2v) is 7.99. The van der Waals surface area contributed by atoms with E-state index < -0.39 is 0 Å². The molecule has 1 N–H and O–H groups in total. The maximum absolute atomic E-state index is 12.3. The van der Waals surface area contributed by atoms with Crippen molar-refractivity contribution < 1.29 is 4.79 Å². The lowest BCUT2D eigenvalue weighted by molar-refractivity contribution is 0.105. The topological polar surface area (TPSA) is 29.1 Å². The van der Waals surface area contributed by atoms with Crippen LogP contribution in [0.3, 0.4) is 0 Å². The van der Waals surface area contributed by atoms with Gasteiger partial charge in [-0.05, 0) is 29.0 Å². The average Bonchev–Trinajstić information content (AvgIpc) is 3.17. The Morgan fingerprint density at radius 2 is 2.00 bits per heavy atom. The van der Waals surface area contributed by atoms with Gasteiger partial charge < -0.3 is 5.32 Å². The predicted octanol–water partition coefficient (Wildman–Crippen LogP) is 4.66. The highest BCUT2D eigenvalue weighted by Crippen LogP contribution is 2.40. The number of allylic oxidation sites excluding steroid dienone is 1. The number of rotatable bonds is 2. The first-order valence-corrected chi connectivity index (χ1v) is 9.49. The second-order valence-electron chi connectivity index (χ2n) is 5.15. The van der Waals surface area contributed by atoms with Crippen molar-refractivity contribution in [3.8, 4) is 0 Å². The molecule has 2 nitrogen and oxygen atoms in total. The van der Waals surface area contributed by atoms with Gasteiger partial charge in [-0.15, -0.1) is 11.3 Å². The molecule has 3 aromatic rings. The highest BCUT2D eigenvalue weighted by atomic mass is 32.2. The summed E-state index contributed by atoms with van der Waals surface area (Å²) >= 11 is 1.48. The summed E-state index contributed by atoms with van der Waals surface area (Å²) in [6, 6.07) is 16.4. The summed E-state index contributed by atoms with van der Waals surface area (Å²) in [5.74, 6) is 0.0777. The third kappa shape index (κ3) is 2.16. The zero-order valence-electron chi connectivity index (χ0n) is 12.0. The minimum Gasteiger partial charge on any atom is -0.311 e. The van der Waals surface area contributed by atoms with Crippen LogP contribution >= 0.6 is 11.3 Å². The van der Waals surface area contributed by atoms with Crippen LogP contribution in [0.5, 0.6) is 0 Å². The largest absolute Gasteiger partial charge is 0.311 e. The van der Waals surface area contributed by atoms with E-state index >= 15 is 0 Å². The third-order valence-corrected chi connectivity index (χ3v) is 6.59. The number of nitrogens with one attached hydrogen (secondary N) is 1. The molecule has 108 valence electrons. The molecule has 2 aromatic carbocycles. The van der Waals surface area contributed by atoms with Crippen LogP contribution in [-0.2, 0) is 10.9 Å². The van der Waals surface area contributed by atoms with Crippen molar-refractivity contribution in [2.24, 2.45) is 0 Å². The number of benzene rings is 2. The Morgan fingerprint density at radius 1 is 1.14 bits per heavy atom. The number of carbonyl (C=O) groups is 1. The summed E-state index contributed by atoms with van der Waals surface area (Å²) in [5, 5.41) is 8.85. The minimum absolute atomic E-state index is 0.0777. The maximum atomic E-state index is 12.3. The number of hydrogen-bond acceptors (Lipinski definition) is 3. The van der Waals surface area contributed by atoms with Gasteiger partial charge in [0.2, 0.25) is 10.8 Å². The first kappa shape index (κ1) is 13.6. The van der Waals surface area contributed by atoms with Crippen LogP contribution in [0.15, 0.2) is 69.9 Å². The Labute approximate surface area is 135 Å². The minimum atomic E-state index is -0.0900. The summed E-state index contributed by atoms with van der Waals surface area (Å²) < 4.78 is 0. The van der Waals surface area contributed by atoms with E-state index in [-0.39, 0.29) is 16.7 Å². The smallest absolute Gasteiger partial charge is 0.234 e. The molecule has 0 fully saturated rings. The highest BCUT2D eigenvalue weighted by Gasteiger charge is 2.35. The summed E-state index contributed by atoms with van der Waals surface area (Å²) in [5.41, 5.74) is 1.15.